The van der Waals surface area contributed by atoms with Crippen LogP contribution in [0.1, 0.15) is 19.8 Å². The summed E-state index contributed by atoms with van der Waals surface area (Å²) < 4.78 is 5.19. The molecule has 6 heteroatoms. The molecule has 0 fully saturated rings. The van der Waals surface area contributed by atoms with Crippen molar-refractivity contribution in [1.82, 2.24) is 5.32 Å². The minimum Gasteiger partial charge on any atom is -0.426 e. The van der Waals surface area contributed by atoms with Gasteiger partial charge < -0.3 is 14.8 Å². The molecule has 0 spiro atoms. The van der Waals surface area contributed by atoms with Crippen LogP contribution in [0.15, 0.2) is 30.3 Å². The molecule has 0 aliphatic rings. The Hall–Kier alpha value is -0.980. The standard InChI is InChI=1S/C15H21NO3S2/c1-12(8-10-17)15(21,11-20)16-9-7-14(18)19-13-5-3-2-4-6-13/h2-6,10,12,16,20-21H,7-9,11H2,1H3. The van der Waals surface area contributed by atoms with Gasteiger partial charge in [0.2, 0.25) is 0 Å². The Morgan fingerprint density at radius 3 is 2.67 bits per heavy atom. The average Bonchev–Trinajstić information content (AvgIpc) is 2.48. The lowest BCUT2D eigenvalue weighted by atomic mass is 9.99. The lowest BCUT2D eigenvalue weighted by molar-refractivity contribution is -0.134. The number of rotatable bonds is 9. The fourth-order valence-corrected chi connectivity index (χ4v) is 2.42. The highest BCUT2D eigenvalue weighted by Crippen LogP contribution is 2.25. The van der Waals surface area contributed by atoms with Crippen LogP contribution >= 0.6 is 25.3 Å². The molecule has 0 saturated carbocycles. The predicted octanol–water partition coefficient (Wildman–Crippen LogP) is 2.35. The molecule has 0 aromatic heterocycles. The van der Waals surface area contributed by atoms with Gasteiger partial charge in [0.05, 0.1) is 11.3 Å². The molecular formula is C15H21NO3S2. The monoisotopic (exact) mass is 327 g/mol. The topological polar surface area (TPSA) is 55.4 Å². The van der Waals surface area contributed by atoms with Crippen LogP contribution in [-0.2, 0) is 9.59 Å². The molecule has 0 bridgehead atoms. The van der Waals surface area contributed by atoms with E-state index < -0.39 is 4.87 Å². The Morgan fingerprint density at radius 1 is 1.43 bits per heavy atom. The van der Waals surface area contributed by atoms with Crippen molar-refractivity contribution >= 4 is 37.5 Å². The van der Waals surface area contributed by atoms with Crippen molar-refractivity contribution in [3.8, 4) is 5.75 Å². The van der Waals surface area contributed by atoms with E-state index >= 15 is 0 Å². The van der Waals surface area contributed by atoms with Crippen molar-refractivity contribution in [2.24, 2.45) is 5.92 Å². The van der Waals surface area contributed by atoms with Crippen molar-refractivity contribution in [1.29, 1.82) is 0 Å². The molecule has 0 saturated heterocycles. The molecule has 2 unspecified atom stereocenters. The first-order chi connectivity index (χ1) is 10.0. The van der Waals surface area contributed by atoms with E-state index in [1.165, 1.54) is 0 Å². The molecule has 21 heavy (non-hydrogen) atoms. The fraction of sp³-hybridized carbons (Fsp3) is 0.467. The molecule has 116 valence electrons. The largest absolute Gasteiger partial charge is 0.426 e. The number of ether oxygens (including phenoxy) is 1. The summed E-state index contributed by atoms with van der Waals surface area (Å²) in [5.74, 6) is 0.689. The lowest BCUT2D eigenvalue weighted by Crippen LogP contribution is -2.48. The Kier molecular flexibility index (Phi) is 7.85. The molecule has 0 heterocycles. The number of nitrogens with one attached hydrogen (secondary N) is 1. The summed E-state index contributed by atoms with van der Waals surface area (Å²) in [5, 5.41) is 3.18. The van der Waals surface area contributed by atoms with E-state index in [9.17, 15) is 9.59 Å². The highest BCUT2D eigenvalue weighted by Gasteiger charge is 2.30. The number of hydrogen-bond acceptors (Lipinski definition) is 6. The van der Waals surface area contributed by atoms with Crippen LogP contribution < -0.4 is 10.1 Å². The van der Waals surface area contributed by atoms with Crippen LogP contribution in [0.4, 0.5) is 0 Å². The Morgan fingerprint density at radius 2 is 2.10 bits per heavy atom. The zero-order valence-electron chi connectivity index (χ0n) is 12.0. The molecule has 1 N–H and O–H groups in total. The van der Waals surface area contributed by atoms with Gasteiger partial charge in [-0.3, -0.25) is 4.79 Å². The normalized spacial score (nSPS) is 15.0. The number of esters is 1. The SMILES string of the molecule is CC(CC=O)C(S)(CS)NCCC(=O)Oc1ccccc1. The third kappa shape index (κ3) is 6.11. The Bertz CT molecular complexity index is 455. The van der Waals surface area contributed by atoms with E-state index in [2.05, 4.69) is 30.6 Å². The van der Waals surface area contributed by atoms with Gasteiger partial charge >= 0.3 is 5.97 Å². The number of aldehydes is 1. The van der Waals surface area contributed by atoms with Crippen LogP contribution in [0.2, 0.25) is 0 Å². The van der Waals surface area contributed by atoms with Crippen LogP contribution in [0.3, 0.4) is 0 Å². The summed E-state index contributed by atoms with van der Waals surface area (Å²) in [6, 6.07) is 8.93. The summed E-state index contributed by atoms with van der Waals surface area (Å²) in [6.07, 6.45) is 1.48. The van der Waals surface area contributed by atoms with Gasteiger partial charge in [0.15, 0.2) is 0 Å². The smallest absolute Gasteiger partial charge is 0.312 e. The molecule has 0 radical (unpaired) electrons. The van der Waals surface area contributed by atoms with E-state index in [1.54, 1.807) is 12.1 Å². The quantitative estimate of drug-likeness (QED) is 0.214. The van der Waals surface area contributed by atoms with Gasteiger partial charge in [0.25, 0.3) is 0 Å². The van der Waals surface area contributed by atoms with Crippen molar-refractivity contribution in [3.63, 3.8) is 0 Å². The number of para-hydroxylation sites is 1. The van der Waals surface area contributed by atoms with E-state index in [0.717, 1.165) is 6.29 Å². The number of carbonyl (C=O) groups excluding carboxylic acids is 2. The summed E-state index contributed by atoms with van der Waals surface area (Å²) in [7, 11) is 0. The first-order valence-corrected chi connectivity index (χ1v) is 7.87. The molecule has 1 rings (SSSR count). The van der Waals surface area contributed by atoms with E-state index in [-0.39, 0.29) is 18.3 Å². The van der Waals surface area contributed by atoms with Gasteiger partial charge in [-0.15, -0.1) is 0 Å². The fourth-order valence-electron chi connectivity index (χ4n) is 1.78. The second-order valence-electron chi connectivity index (χ2n) is 4.85. The Balaban J connectivity index is 2.40. The maximum atomic E-state index is 11.7. The molecule has 0 aliphatic heterocycles. The van der Waals surface area contributed by atoms with Crippen LogP contribution in [0.5, 0.6) is 5.75 Å². The molecule has 4 nitrogen and oxygen atoms in total. The minimum atomic E-state index is -0.586. The third-order valence-electron chi connectivity index (χ3n) is 3.24. The number of benzene rings is 1. The number of carbonyl (C=O) groups is 2. The van der Waals surface area contributed by atoms with Gasteiger partial charge in [-0.1, -0.05) is 25.1 Å². The average molecular weight is 327 g/mol. The van der Waals surface area contributed by atoms with Gasteiger partial charge in [-0.2, -0.15) is 25.3 Å². The van der Waals surface area contributed by atoms with E-state index in [1.807, 2.05) is 25.1 Å². The third-order valence-corrected chi connectivity index (χ3v) is 4.75. The molecule has 2 atom stereocenters. The molecule has 0 amide bonds. The molecule has 1 aromatic rings. The second kappa shape index (κ2) is 9.12. The summed E-state index contributed by atoms with van der Waals surface area (Å²) in [6.45, 7) is 2.34. The zero-order chi connectivity index (χ0) is 15.7. The van der Waals surface area contributed by atoms with Gasteiger partial charge in [-0.05, 0) is 18.1 Å². The second-order valence-corrected chi connectivity index (χ2v) is 5.96. The van der Waals surface area contributed by atoms with Crippen LogP contribution in [0.25, 0.3) is 0 Å². The number of thiol groups is 2. The molecular weight excluding hydrogens is 306 g/mol. The first-order valence-electron chi connectivity index (χ1n) is 6.79. The zero-order valence-corrected chi connectivity index (χ0v) is 13.8. The maximum Gasteiger partial charge on any atom is 0.312 e. The van der Waals surface area contributed by atoms with Crippen LogP contribution in [-0.4, -0.2) is 29.4 Å². The predicted molar refractivity (Wildman–Crippen MR) is 90.1 cm³/mol. The van der Waals surface area contributed by atoms with Gasteiger partial charge in [0.1, 0.15) is 12.0 Å². The molecule has 0 aliphatic carbocycles. The van der Waals surface area contributed by atoms with Gasteiger partial charge in [0, 0.05) is 18.7 Å². The highest BCUT2D eigenvalue weighted by molar-refractivity contribution is 7.85. The van der Waals surface area contributed by atoms with Crippen molar-refractivity contribution < 1.29 is 14.3 Å². The van der Waals surface area contributed by atoms with Crippen LogP contribution in [0, 0.1) is 5.92 Å². The minimum absolute atomic E-state index is 0.0148. The molecule has 1 aromatic carbocycles. The van der Waals surface area contributed by atoms with Crippen molar-refractivity contribution in [2.45, 2.75) is 24.6 Å². The van der Waals surface area contributed by atoms with E-state index in [4.69, 9.17) is 4.74 Å². The van der Waals surface area contributed by atoms with Gasteiger partial charge in [-0.25, -0.2) is 0 Å². The van der Waals surface area contributed by atoms with E-state index in [0.29, 0.717) is 24.5 Å². The summed E-state index contributed by atoms with van der Waals surface area (Å²) in [4.78, 5) is 21.7. The number of hydrogen-bond donors (Lipinski definition) is 3. The maximum absolute atomic E-state index is 11.7. The lowest BCUT2D eigenvalue weighted by Gasteiger charge is -2.33. The highest BCUT2D eigenvalue weighted by atomic mass is 32.1. The van der Waals surface area contributed by atoms with Crippen molar-refractivity contribution in [3.05, 3.63) is 30.3 Å². The first kappa shape index (κ1) is 18.1. The summed E-state index contributed by atoms with van der Waals surface area (Å²) >= 11 is 8.82. The Labute approximate surface area is 136 Å². The van der Waals surface area contributed by atoms with Crippen molar-refractivity contribution in [2.75, 3.05) is 12.3 Å². The summed E-state index contributed by atoms with van der Waals surface area (Å²) in [5.41, 5.74) is 0.